The highest BCUT2D eigenvalue weighted by atomic mass is 32.1. The highest BCUT2D eigenvalue weighted by Crippen LogP contribution is 2.25. The normalized spacial score (nSPS) is 10.8. The van der Waals surface area contributed by atoms with Crippen molar-refractivity contribution in [3.8, 4) is 10.6 Å². The Morgan fingerprint density at radius 3 is 2.83 bits per heavy atom. The van der Waals surface area contributed by atoms with Crippen molar-refractivity contribution in [2.45, 2.75) is 20.3 Å². The molecule has 3 nitrogen and oxygen atoms in total. The first-order valence-electron chi connectivity index (χ1n) is 5.99. The summed E-state index contributed by atoms with van der Waals surface area (Å²) in [7, 11) is 0. The molecule has 0 radical (unpaired) electrons. The van der Waals surface area contributed by atoms with Gasteiger partial charge in [-0.2, -0.15) is 0 Å². The first-order chi connectivity index (χ1) is 8.69. The second-order valence-corrected chi connectivity index (χ2v) is 5.18. The van der Waals surface area contributed by atoms with Gasteiger partial charge in [-0.3, -0.25) is 0 Å². The SMILES string of the molecule is CCNCCc1nnc(-c2cc(C)cc(F)c2)s1. The van der Waals surface area contributed by atoms with Crippen LogP contribution in [0.25, 0.3) is 10.6 Å². The van der Waals surface area contributed by atoms with Crippen molar-refractivity contribution in [1.29, 1.82) is 0 Å². The van der Waals surface area contributed by atoms with E-state index in [0.717, 1.165) is 40.7 Å². The highest BCUT2D eigenvalue weighted by Gasteiger charge is 2.08. The number of aromatic nitrogens is 2. The van der Waals surface area contributed by atoms with Crippen LogP contribution in [0.4, 0.5) is 4.39 Å². The van der Waals surface area contributed by atoms with Gasteiger partial charge in [0.1, 0.15) is 15.8 Å². The zero-order valence-electron chi connectivity index (χ0n) is 10.5. The van der Waals surface area contributed by atoms with E-state index in [2.05, 4.69) is 22.4 Å². The molecule has 2 aromatic rings. The van der Waals surface area contributed by atoms with Gasteiger partial charge in [0.05, 0.1) is 0 Å². The van der Waals surface area contributed by atoms with Crippen LogP contribution >= 0.6 is 11.3 Å². The summed E-state index contributed by atoms with van der Waals surface area (Å²) in [5, 5.41) is 13.3. The maximum Gasteiger partial charge on any atom is 0.147 e. The van der Waals surface area contributed by atoms with Gasteiger partial charge in [0, 0.05) is 18.5 Å². The van der Waals surface area contributed by atoms with Crippen molar-refractivity contribution in [3.05, 3.63) is 34.6 Å². The van der Waals surface area contributed by atoms with Crippen LogP contribution in [0.1, 0.15) is 17.5 Å². The van der Waals surface area contributed by atoms with Gasteiger partial charge in [0.15, 0.2) is 0 Å². The minimum atomic E-state index is -0.227. The van der Waals surface area contributed by atoms with Gasteiger partial charge in [-0.25, -0.2) is 4.39 Å². The Bertz CT molecular complexity index is 504. The molecule has 96 valence electrons. The van der Waals surface area contributed by atoms with Gasteiger partial charge < -0.3 is 5.32 Å². The van der Waals surface area contributed by atoms with Crippen molar-refractivity contribution in [1.82, 2.24) is 15.5 Å². The number of halogens is 1. The average Bonchev–Trinajstić information content (AvgIpc) is 2.77. The molecular formula is C13H16FN3S. The number of nitrogens with zero attached hydrogens (tertiary/aromatic N) is 2. The molecule has 0 spiro atoms. The molecule has 1 aromatic carbocycles. The Labute approximate surface area is 110 Å². The predicted octanol–water partition coefficient (Wildman–Crippen LogP) is 2.80. The lowest BCUT2D eigenvalue weighted by atomic mass is 10.1. The van der Waals surface area contributed by atoms with E-state index in [1.807, 2.05) is 13.0 Å². The van der Waals surface area contributed by atoms with Crippen LogP contribution in [0.3, 0.4) is 0 Å². The maximum atomic E-state index is 13.3. The van der Waals surface area contributed by atoms with Crippen LogP contribution in [-0.2, 0) is 6.42 Å². The molecule has 5 heteroatoms. The van der Waals surface area contributed by atoms with Gasteiger partial charge >= 0.3 is 0 Å². The predicted molar refractivity (Wildman–Crippen MR) is 72.3 cm³/mol. The van der Waals surface area contributed by atoms with Crippen molar-refractivity contribution >= 4 is 11.3 Å². The van der Waals surface area contributed by atoms with Crippen molar-refractivity contribution in [3.63, 3.8) is 0 Å². The van der Waals surface area contributed by atoms with Crippen LogP contribution in [0.15, 0.2) is 18.2 Å². The summed E-state index contributed by atoms with van der Waals surface area (Å²) < 4.78 is 13.3. The third-order valence-corrected chi connectivity index (χ3v) is 3.55. The van der Waals surface area contributed by atoms with E-state index < -0.39 is 0 Å². The Morgan fingerprint density at radius 2 is 2.11 bits per heavy atom. The zero-order valence-corrected chi connectivity index (χ0v) is 11.4. The van der Waals surface area contributed by atoms with Crippen LogP contribution < -0.4 is 5.32 Å². The fourth-order valence-electron chi connectivity index (χ4n) is 1.70. The third-order valence-electron chi connectivity index (χ3n) is 2.52. The molecule has 18 heavy (non-hydrogen) atoms. The molecule has 2 rings (SSSR count). The summed E-state index contributed by atoms with van der Waals surface area (Å²) in [6.45, 7) is 5.79. The van der Waals surface area contributed by atoms with E-state index in [1.165, 1.54) is 23.5 Å². The molecule has 0 fully saturated rings. The first-order valence-corrected chi connectivity index (χ1v) is 6.81. The molecule has 0 atom stereocenters. The van der Waals surface area contributed by atoms with Crippen LogP contribution in [-0.4, -0.2) is 23.3 Å². The summed E-state index contributed by atoms with van der Waals surface area (Å²) >= 11 is 1.52. The topological polar surface area (TPSA) is 37.8 Å². The number of benzene rings is 1. The summed E-state index contributed by atoms with van der Waals surface area (Å²) in [5.74, 6) is -0.227. The van der Waals surface area contributed by atoms with E-state index in [9.17, 15) is 4.39 Å². The van der Waals surface area contributed by atoms with E-state index in [-0.39, 0.29) is 5.82 Å². The number of likely N-dealkylation sites (N-methyl/N-ethyl adjacent to an activating group) is 1. The van der Waals surface area contributed by atoms with Gasteiger partial charge in [-0.1, -0.05) is 18.3 Å². The highest BCUT2D eigenvalue weighted by molar-refractivity contribution is 7.14. The summed E-state index contributed by atoms with van der Waals surface area (Å²) in [5.41, 5.74) is 1.70. The fourth-order valence-corrected chi connectivity index (χ4v) is 2.53. The molecule has 0 aliphatic heterocycles. The van der Waals surface area contributed by atoms with E-state index in [0.29, 0.717) is 0 Å². The molecule has 0 amide bonds. The van der Waals surface area contributed by atoms with E-state index in [4.69, 9.17) is 0 Å². The Morgan fingerprint density at radius 1 is 1.28 bits per heavy atom. The summed E-state index contributed by atoms with van der Waals surface area (Å²) in [4.78, 5) is 0. The Balaban J connectivity index is 2.13. The number of rotatable bonds is 5. The summed E-state index contributed by atoms with van der Waals surface area (Å²) in [6, 6.07) is 4.94. The molecule has 0 unspecified atom stereocenters. The molecule has 0 aliphatic rings. The molecule has 1 N–H and O–H groups in total. The zero-order chi connectivity index (χ0) is 13.0. The number of hydrogen-bond acceptors (Lipinski definition) is 4. The number of hydrogen-bond donors (Lipinski definition) is 1. The monoisotopic (exact) mass is 265 g/mol. The quantitative estimate of drug-likeness (QED) is 0.845. The second-order valence-electron chi connectivity index (χ2n) is 4.12. The minimum absolute atomic E-state index is 0.227. The van der Waals surface area contributed by atoms with Crippen LogP contribution in [0.2, 0.25) is 0 Å². The number of aryl methyl sites for hydroxylation is 1. The largest absolute Gasteiger partial charge is 0.317 e. The minimum Gasteiger partial charge on any atom is -0.317 e. The molecule has 1 aromatic heterocycles. The lowest BCUT2D eigenvalue weighted by molar-refractivity contribution is 0.627. The smallest absolute Gasteiger partial charge is 0.147 e. The van der Waals surface area contributed by atoms with Gasteiger partial charge in [-0.05, 0) is 37.2 Å². The summed E-state index contributed by atoms with van der Waals surface area (Å²) in [6.07, 6.45) is 0.861. The molecule has 0 bridgehead atoms. The van der Waals surface area contributed by atoms with E-state index in [1.54, 1.807) is 0 Å². The molecular weight excluding hydrogens is 249 g/mol. The van der Waals surface area contributed by atoms with Gasteiger partial charge in [0.2, 0.25) is 0 Å². The Kier molecular flexibility index (Phi) is 4.38. The van der Waals surface area contributed by atoms with Crippen molar-refractivity contribution in [2.24, 2.45) is 0 Å². The third kappa shape index (κ3) is 3.34. The standard InChI is InChI=1S/C13H16FN3S/c1-3-15-5-4-12-16-17-13(18-12)10-6-9(2)7-11(14)8-10/h6-8,15H,3-5H2,1-2H3. The first kappa shape index (κ1) is 13.1. The molecule has 0 aliphatic carbocycles. The van der Waals surface area contributed by atoms with E-state index >= 15 is 0 Å². The molecule has 0 saturated carbocycles. The van der Waals surface area contributed by atoms with Crippen molar-refractivity contribution < 1.29 is 4.39 Å². The fraction of sp³-hybridized carbons (Fsp3) is 0.385. The lowest BCUT2D eigenvalue weighted by Crippen LogP contribution is -2.15. The maximum absolute atomic E-state index is 13.3. The van der Waals surface area contributed by atoms with Crippen LogP contribution in [0.5, 0.6) is 0 Å². The molecule has 1 heterocycles. The number of nitrogens with one attached hydrogen (secondary N) is 1. The van der Waals surface area contributed by atoms with Crippen LogP contribution in [0, 0.1) is 12.7 Å². The Hall–Kier alpha value is -1.33. The lowest BCUT2D eigenvalue weighted by Gasteiger charge is -1.98. The van der Waals surface area contributed by atoms with Gasteiger partial charge in [0.25, 0.3) is 0 Å². The second kappa shape index (κ2) is 6.02. The molecule has 0 saturated heterocycles. The van der Waals surface area contributed by atoms with Crippen molar-refractivity contribution in [2.75, 3.05) is 13.1 Å². The van der Waals surface area contributed by atoms with Gasteiger partial charge in [-0.15, -0.1) is 10.2 Å². The average molecular weight is 265 g/mol.